The molecule has 20 heavy (non-hydrogen) atoms. The molecule has 3 rings (SSSR count). The highest BCUT2D eigenvalue weighted by atomic mass is 127. The monoisotopic (exact) mass is 384 g/mol. The van der Waals surface area contributed by atoms with E-state index in [4.69, 9.17) is 4.74 Å². The number of carbonyl (C=O) groups is 1. The Bertz CT molecular complexity index is 648. The molecule has 6 heteroatoms. The lowest BCUT2D eigenvalue weighted by Crippen LogP contribution is -2.19. The predicted octanol–water partition coefficient (Wildman–Crippen LogP) is 3.35. The third kappa shape index (κ3) is 2.60. The Morgan fingerprint density at radius 3 is 2.80 bits per heavy atom. The van der Waals surface area contributed by atoms with Gasteiger partial charge < -0.3 is 10.1 Å². The number of ether oxygens (including phenoxy) is 1. The molecule has 0 saturated carbocycles. The molecular formula is C14H10FIN2O2. The van der Waals surface area contributed by atoms with Gasteiger partial charge in [-0.2, -0.15) is 0 Å². The lowest BCUT2D eigenvalue weighted by molar-refractivity contribution is 0.132. The molecule has 1 aliphatic rings. The Kier molecular flexibility index (Phi) is 3.56. The van der Waals surface area contributed by atoms with Gasteiger partial charge >= 0.3 is 6.09 Å². The molecule has 2 aromatic rings. The minimum atomic E-state index is -0.555. The zero-order chi connectivity index (χ0) is 14.1. The number of halogens is 2. The second kappa shape index (κ2) is 5.35. The van der Waals surface area contributed by atoms with E-state index in [1.54, 1.807) is 18.3 Å². The predicted molar refractivity (Wildman–Crippen MR) is 78.5 cm³/mol. The van der Waals surface area contributed by atoms with Crippen molar-refractivity contribution in [2.24, 2.45) is 0 Å². The number of hydrogen-bond donors (Lipinski definition) is 1. The van der Waals surface area contributed by atoms with Crippen LogP contribution in [0.3, 0.4) is 0 Å². The van der Waals surface area contributed by atoms with Gasteiger partial charge in [-0.25, -0.2) is 14.2 Å². The summed E-state index contributed by atoms with van der Waals surface area (Å²) in [7, 11) is 0. The van der Waals surface area contributed by atoms with Crippen molar-refractivity contribution in [3.05, 3.63) is 63.2 Å². The smallest absolute Gasteiger partial charge is 0.408 e. The number of benzene rings is 1. The molecule has 1 unspecified atom stereocenters. The summed E-state index contributed by atoms with van der Waals surface area (Å²) in [5.74, 6) is -0.357. The van der Waals surface area contributed by atoms with Crippen LogP contribution in [0.15, 0.2) is 42.6 Å². The summed E-state index contributed by atoms with van der Waals surface area (Å²) in [6.45, 7) is 0. The second-order valence-corrected chi connectivity index (χ2v) is 5.52. The van der Waals surface area contributed by atoms with Gasteiger partial charge in [-0.3, -0.25) is 0 Å². The number of aromatic nitrogens is 1. The standard InChI is InChI=1S/C14H10FIN2O2/c15-10-3-1-2-8(6-10)13-12(18-14(19)20-13)9-4-5-11(16)17-7-9/h1-7,12-13H,(H,18,19)/t12-,13?/m1/s1. The normalized spacial score (nSPS) is 21.4. The molecule has 1 aliphatic heterocycles. The van der Waals surface area contributed by atoms with Gasteiger partial charge in [0.25, 0.3) is 0 Å². The number of nitrogens with zero attached hydrogens (tertiary/aromatic N) is 1. The Labute approximate surface area is 128 Å². The van der Waals surface area contributed by atoms with Gasteiger partial charge in [-0.15, -0.1) is 0 Å². The largest absolute Gasteiger partial charge is 0.439 e. The minimum Gasteiger partial charge on any atom is -0.439 e. The third-order valence-electron chi connectivity index (χ3n) is 3.10. The van der Waals surface area contributed by atoms with Crippen LogP contribution in [0.1, 0.15) is 23.3 Å². The topological polar surface area (TPSA) is 51.2 Å². The minimum absolute atomic E-state index is 0.357. The van der Waals surface area contributed by atoms with E-state index in [0.717, 1.165) is 9.26 Å². The van der Waals surface area contributed by atoms with Crippen LogP contribution in [0.2, 0.25) is 0 Å². The number of pyridine rings is 1. The molecule has 0 bridgehead atoms. The molecule has 2 atom stereocenters. The first-order valence-electron chi connectivity index (χ1n) is 5.97. The summed E-state index contributed by atoms with van der Waals surface area (Å²) >= 11 is 2.11. The van der Waals surface area contributed by atoms with Crippen molar-refractivity contribution in [3.8, 4) is 0 Å². The average Bonchev–Trinajstić information content (AvgIpc) is 2.82. The molecule has 1 amide bonds. The summed E-state index contributed by atoms with van der Waals surface area (Å²) in [5, 5.41) is 2.73. The summed E-state index contributed by atoms with van der Waals surface area (Å²) in [6.07, 6.45) is 0.621. The number of alkyl carbamates (subject to hydrolysis) is 1. The Morgan fingerprint density at radius 2 is 2.10 bits per heavy atom. The van der Waals surface area contributed by atoms with Crippen LogP contribution in [-0.4, -0.2) is 11.1 Å². The summed E-state index contributed by atoms with van der Waals surface area (Å²) < 4.78 is 19.4. The highest BCUT2D eigenvalue weighted by Gasteiger charge is 2.36. The molecule has 4 nitrogen and oxygen atoms in total. The maximum absolute atomic E-state index is 13.3. The highest BCUT2D eigenvalue weighted by molar-refractivity contribution is 14.1. The lowest BCUT2D eigenvalue weighted by atomic mass is 9.98. The number of nitrogens with one attached hydrogen (secondary N) is 1. The van der Waals surface area contributed by atoms with Crippen molar-refractivity contribution in [2.75, 3.05) is 0 Å². The van der Waals surface area contributed by atoms with Gasteiger partial charge in [0, 0.05) is 6.20 Å². The quantitative estimate of drug-likeness (QED) is 0.639. The first-order chi connectivity index (χ1) is 9.63. The van der Waals surface area contributed by atoms with E-state index in [9.17, 15) is 9.18 Å². The molecule has 1 aromatic heterocycles. The van der Waals surface area contributed by atoms with Crippen LogP contribution >= 0.6 is 22.6 Å². The van der Waals surface area contributed by atoms with Gasteiger partial charge in [-0.1, -0.05) is 18.2 Å². The van der Waals surface area contributed by atoms with Crippen LogP contribution in [0.4, 0.5) is 9.18 Å². The zero-order valence-electron chi connectivity index (χ0n) is 10.2. The highest BCUT2D eigenvalue weighted by Crippen LogP contribution is 2.36. The van der Waals surface area contributed by atoms with Gasteiger partial charge in [0.2, 0.25) is 0 Å². The molecule has 1 saturated heterocycles. The van der Waals surface area contributed by atoms with Crippen molar-refractivity contribution in [3.63, 3.8) is 0 Å². The molecule has 1 N–H and O–H groups in total. The van der Waals surface area contributed by atoms with E-state index in [-0.39, 0.29) is 11.9 Å². The van der Waals surface area contributed by atoms with Crippen LogP contribution in [0.25, 0.3) is 0 Å². The zero-order valence-corrected chi connectivity index (χ0v) is 12.4. The fourth-order valence-electron chi connectivity index (χ4n) is 2.19. The van der Waals surface area contributed by atoms with Gasteiger partial charge in [0.1, 0.15) is 15.6 Å². The van der Waals surface area contributed by atoms with E-state index in [1.807, 2.05) is 12.1 Å². The van der Waals surface area contributed by atoms with Gasteiger partial charge in [0.05, 0.1) is 0 Å². The van der Waals surface area contributed by atoms with Crippen LogP contribution in [-0.2, 0) is 4.74 Å². The number of amides is 1. The Morgan fingerprint density at radius 1 is 1.25 bits per heavy atom. The fraction of sp³-hybridized carbons (Fsp3) is 0.143. The molecule has 102 valence electrons. The molecule has 1 aromatic carbocycles. The molecular weight excluding hydrogens is 374 g/mol. The van der Waals surface area contributed by atoms with Crippen LogP contribution in [0, 0.1) is 9.52 Å². The number of cyclic esters (lactones) is 1. The van der Waals surface area contributed by atoms with E-state index in [2.05, 4.69) is 32.9 Å². The fourth-order valence-corrected chi connectivity index (χ4v) is 2.51. The molecule has 0 radical (unpaired) electrons. The maximum Gasteiger partial charge on any atom is 0.408 e. The Balaban J connectivity index is 1.96. The summed E-state index contributed by atoms with van der Waals surface area (Å²) in [4.78, 5) is 15.7. The first-order valence-corrected chi connectivity index (χ1v) is 7.05. The SMILES string of the molecule is O=C1N[C@H](c2ccc(I)nc2)C(c2cccc(F)c2)O1. The van der Waals surface area contributed by atoms with E-state index in [1.165, 1.54) is 12.1 Å². The number of hydrogen-bond acceptors (Lipinski definition) is 3. The van der Waals surface area contributed by atoms with E-state index in [0.29, 0.717) is 5.56 Å². The van der Waals surface area contributed by atoms with Crippen molar-refractivity contribution in [1.82, 2.24) is 10.3 Å². The van der Waals surface area contributed by atoms with E-state index >= 15 is 0 Å². The number of rotatable bonds is 2. The van der Waals surface area contributed by atoms with E-state index < -0.39 is 12.2 Å². The molecule has 0 spiro atoms. The Hall–Kier alpha value is -1.70. The van der Waals surface area contributed by atoms with Crippen LogP contribution in [0.5, 0.6) is 0 Å². The van der Waals surface area contributed by atoms with Crippen molar-refractivity contribution in [2.45, 2.75) is 12.1 Å². The molecule has 1 fully saturated rings. The molecule has 2 heterocycles. The van der Waals surface area contributed by atoms with Gasteiger partial charge in [-0.05, 0) is 51.9 Å². The number of carbonyl (C=O) groups excluding carboxylic acids is 1. The van der Waals surface area contributed by atoms with Crippen molar-refractivity contribution in [1.29, 1.82) is 0 Å². The molecule has 0 aliphatic carbocycles. The second-order valence-electron chi connectivity index (χ2n) is 4.42. The third-order valence-corrected chi connectivity index (χ3v) is 3.73. The average molecular weight is 384 g/mol. The summed E-state index contributed by atoms with van der Waals surface area (Å²) in [5.41, 5.74) is 1.44. The first kappa shape index (κ1) is 13.3. The van der Waals surface area contributed by atoms with Crippen molar-refractivity contribution < 1.29 is 13.9 Å². The van der Waals surface area contributed by atoms with Crippen LogP contribution < -0.4 is 5.32 Å². The van der Waals surface area contributed by atoms with Gasteiger partial charge in [0.15, 0.2) is 6.10 Å². The lowest BCUT2D eigenvalue weighted by Gasteiger charge is -2.17. The summed E-state index contributed by atoms with van der Waals surface area (Å²) in [6, 6.07) is 9.42. The van der Waals surface area contributed by atoms with Crippen molar-refractivity contribution >= 4 is 28.7 Å². The maximum atomic E-state index is 13.3.